The normalized spacial score (nSPS) is 16.0. The smallest absolute Gasteiger partial charge is 0.290 e. The van der Waals surface area contributed by atoms with E-state index in [1.807, 2.05) is 55.5 Å². The van der Waals surface area contributed by atoms with Crippen molar-refractivity contribution in [2.75, 3.05) is 0 Å². The number of carbonyl (C=O) groups is 2. The van der Waals surface area contributed by atoms with E-state index in [0.717, 1.165) is 28.6 Å². The van der Waals surface area contributed by atoms with Crippen LogP contribution in [0.2, 0.25) is 0 Å². The van der Waals surface area contributed by atoms with Crippen molar-refractivity contribution < 1.29 is 14.3 Å². The predicted octanol–water partition coefficient (Wildman–Crippen LogP) is 4.11. The molecule has 1 N–H and O–H groups in total. The maximum Gasteiger partial charge on any atom is 0.290 e. The highest BCUT2D eigenvalue weighted by atomic mass is 32.2. The molecule has 0 spiro atoms. The van der Waals surface area contributed by atoms with Gasteiger partial charge in [-0.1, -0.05) is 24.3 Å². The number of ether oxygens (including phenoxy) is 1. The van der Waals surface area contributed by atoms with Crippen molar-refractivity contribution >= 4 is 29.0 Å². The lowest BCUT2D eigenvalue weighted by molar-refractivity contribution is -0.115. The number of amides is 2. The molecular formula is C17H13NO3S. The van der Waals surface area contributed by atoms with Gasteiger partial charge in [-0.3, -0.25) is 14.9 Å². The number of hydrogen-bond donors (Lipinski definition) is 1. The summed E-state index contributed by atoms with van der Waals surface area (Å²) in [5.74, 6) is 1.07. The Balaban J connectivity index is 1.82. The van der Waals surface area contributed by atoms with E-state index in [9.17, 15) is 9.59 Å². The summed E-state index contributed by atoms with van der Waals surface area (Å²) >= 11 is 0.901. The van der Waals surface area contributed by atoms with Crippen LogP contribution in [0, 0.1) is 6.92 Å². The molecule has 110 valence electrons. The third-order valence-electron chi connectivity index (χ3n) is 3.02. The number of rotatable bonds is 3. The van der Waals surface area contributed by atoms with E-state index < -0.39 is 0 Å². The van der Waals surface area contributed by atoms with Crippen molar-refractivity contribution in [2.45, 2.75) is 6.92 Å². The summed E-state index contributed by atoms with van der Waals surface area (Å²) in [5, 5.41) is 1.89. The molecule has 0 unspecified atom stereocenters. The zero-order valence-electron chi connectivity index (χ0n) is 11.8. The van der Waals surface area contributed by atoms with Crippen LogP contribution in [0.1, 0.15) is 11.1 Å². The van der Waals surface area contributed by atoms with Crippen LogP contribution >= 0.6 is 11.8 Å². The van der Waals surface area contributed by atoms with Crippen molar-refractivity contribution in [1.29, 1.82) is 0 Å². The molecule has 2 amide bonds. The van der Waals surface area contributed by atoms with Crippen molar-refractivity contribution in [2.24, 2.45) is 0 Å². The molecule has 0 saturated carbocycles. The first-order valence-electron chi connectivity index (χ1n) is 6.69. The van der Waals surface area contributed by atoms with Gasteiger partial charge in [-0.15, -0.1) is 0 Å². The molecule has 1 aliphatic heterocycles. The SMILES string of the molecule is Cc1cccc(Oc2cccc(/C=C3/SC(=O)NC3=O)c2)c1. The molecule has 0 bridgehead atoms. The van der Waals surface area contributed by atoms with Gasteiger partial charge in [-0.05, 0) is 60.2 Å². The van der Waals surface area contributed by atoms with Crippen LogP contribution in [0.5, 0.6) is 11.5 Å². The summed E-state index contributed by atoms with van der Waals surface area (Å²) in [6, 6.07) is 15.1. The minimum absolute atomic E-state index is 0.344. The fourth-order valence-electron chi connectivity index (χ4n) is 2.06. The number of aryl methyl sites for hydroxylation is 1. The molecule has 0 atom stereocenters. The second-order valence-electron chi connectivity index (χ2n) is 4.84. The standard InChI is InChI=1S/C17H13NO3S/c1-11-4-2-6-13(8-11)21-14-7-3-5-12(9-14)10-15-16(19)18-17(20)22-15/h2-10H,1H3,(H,18,19,20)/b15-10+. The fraction of sp³-hybridized carbons (Fsp3) is 0.0588. The van der Waals surface area contributed by atoms with Crippen LogP contribution in [-0.2, 0) is 4.79 Å². The maximum absolute atomic E-state index is 11.6. The molecule has 3 rings (SSSR count). The Hall–Kier alpha value is -2.53. The van der Waals surface area contributed by atoms with Gasteiger partial charge in [0.15, 0.2) is 0 Å². The highest BCUT2D eigenvalue weighted by molar-refractivity contribution is 8.18. The summed E-state index contributed by atoms with van der Waals surface area (Å²) in [6.45, 7) is 2.00. The second kappa shape index (κ2) is 6.07. The van der Waals surface area contributed by atoms with E-state index in [1.54, 1.807) is 6.08 Å². The van der Waals surface area contributed by atoms with E-state index in [-0.39, 0.29) is 11.1 Å². The number of thioether (sulfide) groups is 1. The molecule has 0 aliphatic carbocycles. The zero-order valence-corrected chi connectivity index (χ0v) is 12.6. The fourth-order valence-corrected chi connectivity index (χ4v) is 2.74. The highest BCUT2D eigenvalue weighted by Crippen LogP contribution is 2.28. The van der Waals surface area contributed by atoms with Gasteiger partial charge in [0.1, 0.15) is 11.5 Å². The number of hydrogen-bond acceptors (Lipinski definition) is 4. The number of benzene rings is 2. The van der Waals surface area contributed by atoms with Crippen LogP contribution in [0.15, 0.2) is 53.4 Å². The second-order valence-corrected chi connectivity index (χ2v) is 5.86. The zero-order chi connectivity index (χ0) is 15.5. The molecule has 4 nitrogen and oxygen atoms in total. The largest absolute Gasteiger partial charge is 0.457 e. The van der Waals surface area contributed by atoms with Crippen LogP contribution in [0.4, 0.5) is 4.79 Å². The molecule has 1 fully saturated rings. The Morgan fingerprint density at radius 1 is 1.05 bits per heavy atom. The average molecular weight is 311 g/mol. The van der Waals surface area contributed by atoms with Crippen molar-refractivity contribution in [3.63, 3.8) is 0 Å². The van der Waals surface area contributed by atoms with E-state index in [2.05, 4.69) is 5.32 Å². The lowest BCUT2D eigenvalue weighted by atomic mass is 10.2. The van der Waals surface area contributed by atoms with E-state index >= 15 is 0 Å². The topological polar surface area (TPSA) is 55.4 Å². The van der Waals surface area contributed by atoms with Crippen molar-refractivity contribution in [1.82, 2.24) is 5.32 Å². The predicted molar refractivity (Wildman–Crippen MR) is 86.8 cm³/mol. The molecule has 5 heteroatoms. The molecule has 1 heterocycles. The van der Waals surface area contributed by atoms with Gasteiger partial charge in [0.2, 0.25) is 0 Å². The third kappa shape index (κ3) is 3.38. The van der Waals surface area contributed by atoms with Gasteiger partial charge in [-0.25, -0.2) is 0 Å². The van der Waals surface area contributed by atoms with Gasteiger partial charge in [0.25, 0.3) is 11.1 Å². The van der Waals surface area contributed by atoms with Gasteiger partial charge >= 0.3 is 0 Å². The number of imide groups is 1. The molecule has 1 saturated heterocycles. The molecule has 2 aromatic carbocycles. The lowest BCUT2D eigenvalue weighted by Gasteiger charge is -2.07. The lowest BCUT2D eigenvalue weighted by Crippen LogP contribution is -2.17. The monoisotopic (exact) mass is 311 g/mol. The summed E-state index contributed by atoms with van der Waals surface area (Å²) in [5.41, 5.74) is 1.92. The average Bonchev–Trinajstić information content (AvgIpc) is 2.77. The summed E-state index contributed by atoms with van der Waals surface area (Å²) in [7, 11) is 0. The summed E-state index contributed by atoms with van der Waals surface area (Å²) in [4.78, 5) is 23.1. The van der Waals surface area contributed by atoms with Gasteiger partial charge < -0.3 is 4.74 Å². The van der Waals surface area contributed by atoms with Gasteiger partial charge in [0.05, 0.1) is 4.91 Å². The Labute approximate surface area is 132 Å². The van der Waals surface area contributed by atoms with Gasteiger partial charge in [-0.2, -0.15) is 0 Å². The Bertz CT molecular complexity index is 783. The Morgan fingerprint density at radius 3 is 2.45 bits per heavy atom. The quantitative estimate of drug-likeness (QED) is 0.867. The van der Waals surface area contributed by atoms with E-state index in [0.29, 0.717) is 10.7 Å². The Morgan fingerprint density at radius 2 is 1.77 bits per heavy atom. The minimum atomic E-state index is -0.361. The van der Waals surface area contributed by atoms with Gasteiger partial charge in [0, 0.05) is 0 Å². The van der Waals surface area contributed by atoms with Crippen molar-refractivity contribution in [3.8, 4) is 11.5 Å². The van der Waals surface area contributed by atoms with Crippen molar-refractivity contribution in [3.05, 3.63) is 64.6 Å². The third-order valence-corrected chi connectivity index (χ3v) is 3.83. The molecule has 1 aliphatic rings. The maximum atomic E-state index is 11.6. The Kier molecular flexibility index (Phi) is 3.98. The molecule has 0 radical (unpaired) electrons. The molecule has 2 aromatic rings. The molecule has 22 heavy (non-hydrogen) atoms. The van der Waals surface area contributed by atoms with E-state index in [1.165, 1.54) is 0 Å². The summed E-state index contributed by atoms with van der Waals surface area (Å²) < 4.78 is 5.81. The number of nitrogens with one attached hydrogen (secondary N) is 1. The molecular weight excluding hydrogens is 298 g/mol. The van der Waals surface area contributed by atoms with Crippen LogP contribution in [0.25, 0.3) is 6.08 Å². The van der Waals surface area contributed by atoms with Crippen LogP contribution < -0.4 is 10.1 Å². The first kappa shape index (κ1) is 14.4. The van der Waals surface area contributed by atoms with Crippen LogP contribution in [0.3, 0.4) is 0 Å². The first-order valence-corrected chi connectivity index (χ1v) is 7.51. The summed E-state index contributed by atoms with van der Waals surface area (Å²) in [6.07, 6.45) is 1.67. The minimum Gasteiger partial charge on any atom is -0.457 e. The highest BCUT2D eigenvalue weighted by Gasteiger charge is 2.24. The molecule has 0 aromatic heterocycles. The van der Waals surface area contributed by atoms with E-state index in [4.69, 9.17) is 4.74 Å². The number of carbonyl (C=O) groups excluding carboxylic acids is 2. The first-order chi connectivity index (χ1) is 10.6. The van der Waals surface area contributed by atoms with Crippen LogP contribution in [-0.4, -0.2) is 11.1 Å².